The van der Waals surface area contributed by atoms with Crippen LogP contribution in [0.4, 0.5) is 0 Å². The van der Waals surface area contributed by atoms with E-state index in [1.54, 1.807) is 0 Å². The molecule has 0 saturated heterocycles. The summed E-state index contributed by atoms with van der Waals surface area (Å²) >= 11 is 4.61. The molecule has 0 radical (unpaired) electrons. The number of carbonyl (C=O) groups excluding carboxylic acids is 2. The number of allylic oxidation sites excluding steroid dienone is 2. The van der Waals surface area contributed by atoms with Gasteiger partial charge in [0.25, 0.3) is 0 Å². The third-order valence-electron chi connectivity index (χ3n) is 8.25. The monoisotopic (exact) mass is 344 g/mol. The smallest absolute Gasteiger partial charge is 0.169 e. The zero-order chi connectivity index (χ0) is 17.4. The molecule has 4 aliphatic rings. The lowest BCUT2D eigenvalue weighted by Crippen LogP contribution is -2.54. The quantitative estimate of drug-likeness (QED) is 0.643. The lowest BCUT2D eigenvalue weighted by atomic mass is 9.44. The Morgan fingerprint density at radius 1 is 1.04 bits per heavy atom. The number of carbonyl (C=O) groups is 2. The second-order valence-electron chi connectivity index (χ2n) is 9.09. The van der Waals surface area contributed by atoms with Crippen LogP contribution in [0, 0.1) is 34.5 Å². The maximum atomic E-state index is 12.6. The fraction of sp³-hybridized carbons (Fsp3) is 0.714. The van der Waals surface area contributed by atoms with Gasteiger partial charge in [-0.3, -0.25) is 9.59 Å². The second-order valence-corrected chi connectivity index (χ2v) is 9.53. The summed E-state index contributed by atoms with van der Waals surface area (Å²) in [6.45, 7) is 11.2. The van der Waals surface area contributed by atoms with E-state index in [9.17, 15) is 9.59 Å². The van der Waals surface area contributed by atoms with Crippen LogP contribution >= 0.6 is 12.6 Å². The van der Waals surface area contributed by atoms with Gasteiger partial charge in [0.1, 0.15) is 5.78 Å². The van der Waals surface area contributed by atoms with Gasteiger partial charge in [-0.15, -0.1) is 12.6 Å². The molecule has 24 heavy (non-hydrogen) atoms. The van der Waals surface area contributed by atoms with Gasteiger partial charge in [0.2, 0.25) is 0 Å². The summed E-state index contributed by atoms with van der Waals surface area (Å²) < 4.78 is 0. The zero-order valence-electron chi connectivity index (χ0n) is 15.0. The van der Waals surface area contributed by atoms with E-state index in [4.69, 9.17) is 0 Å². The van der Waals surface area contributed by atoms with Crippen LogP contribution in [0.3, 0.4) is 0 Å². The predicted octanol–water partition coefficient (Wildman–Crippen LogP) is 4.76. The molecule has 0 spiro atoms. The van der Waals surface area contributed by atoms with Crippen molar-refractivity contribution < 1.29 is 9.59 Å². The summed E-state index contributed by atoms with van der Waals surface area (Å²) in [7, 11) is 0. The van der Waals surface area contributed by atoms with E-state index in [-0.39, 0.29) is 16.6 Å². The highest BCUT2D eigenvalue weighted by molar-refractivity contribution is 7.85. The molecular formula is C21H28O2S. The van der Waals surface area contributed by atoms with Gasteiger partial charge in [0.15, 0.2) is 5.78 Å². The molecule has 3 fully saturated rings. The van der Waals surface area contributed by atoms with Crippen molar-refractivity contribution in [1.29, 1.82) is 0 Å². The van der Waals surface area contributed by atoms with Crippen molar-refractivity contribution in [1.82, 2.24) is 0 Å². The summed E-state index contributed by atoms with van der Waals surface area (Å²) in [4.78, 5) is 25.5. The molecule has 0 bridgehead atoms. The minimum absolute atomic E-state index is 0.00617. The van der Waals surface area contributed by atoms with Crippen LogP contribution in [0.15, 0.2) is 22.6 Å². The van der Waals surface area contributed by atoms with E-state index >= 15 is 0 Å². The van der Waals surface area contributed by atoms with Crippen LogP contribution in [0.5, 0.6) is 0 Å². The third-order valence-corrected chi connectivity index (χ3v) is 8.72. The molecule has 3 saturated carbocycles. The summed E-state index contributed by atoms with van der Waals surface area (Å²) in [6, 6.07) is 0. The van der Waals surface area contributed by atoms with Crippen molar-refractivity contribution >= 4 is 24.2 Å². The number of hydrogen-bond donors (Lipinski definition) is 1. The first kappa shape index (κ1) is 16.6. The van der Waals surface area contributed by atoms with Gasteiger partial charge >= 0.3 is 0 Å². The van der Waals surface area contributed by atoms with Crippen molar-refractivity contribution in [3.8, 4) is 0 Å². The maximum Gasteiger partial charge on any atom is 0.169 e. The Kier molecular flexibility index (Phi) is 3.53. The highest BCUT2D eigenvalue weighted by Gasteiger charge is 2.61. The Morgan fingerprint density at radius 3 is 2.42 bits per heavy atom. The average Bonchev–Trinajstić information content (AvgIpc) is 2.84. The summed E-state index contributed by atoms with van der Waals surface area (Å²) in [5.41, 5.74) is 2.14. The van der Waals surface area contributed by atoms with Crippen LogP contribution in [0.1, 0.15) is 59.3 Å². The van der Waals surface area contributed by atoms with E-state index < -0.39 is 0 Å². The number of Topliss-reactive ketones (excluding diaryl/α,β-unsaturated/α-hetero) is 2. The number of hydrogen-bond acceptors (Lipinski definition) is 3. The SMILES string of the molecule is C=C1C2=C(S)C(=O)CC[C@]2(C)[C@H]2CC[C@]3(C)C(=O)CC[C@H]3[C@@H]2[C@@H]1C. The summed E-state index contributed by atoms with van der Waals surface area (Å²) in [5.74, 6) is 2.53. The molecule has 0 aromatic heterocycles. The fourth-order valence-corrected chi connectivity index (χ4v) is 7.29. The van der Waals surface area contributed by atoms with Gasteiger partial charge < -0.3 is 0 Å². The topological polar surface area (TPSA) is 34.1 Å². The van der Waals surface area contributed by atoms with Crippen LogP contribution in [-0.4, -0.2) is 11.6 Å². The van der Waals surface area contributed by atoms with Crippen molar-refractivity contribution in [2.75, 3.05) is 0 Å². The zero-order valence-corrected chi connectivity index (χ0v) is 15.9. The molecule has 0 aromatic carbocycles. The molecule has 130 valence electrons. The van der Waals surface area contributed by atoms with Crippen molar-refractivity contribution in [3.63, 3.8) is 0 Å². The second kappa shape index (κ2) is 5.09. The summed E-state index contributed by atoms with van der Waals surface area (Å²) in [5, 5.41) is 0. The molecule has 2 nitrogen and oxygen atoms in total. The van der Waals surface area contributed by atoms with E-state index in [2.05, 4.69) is 40.0 Å². The Hall–Kier alpha value is -0.830. The van der Waals surface area contributed by atoms with Crippen LogP contribution in [0.2, 0.25) is 0 Å². The molecule has 3 heteroatoms. The molecule has 0 heterocycles. The van der Waals surface area contributed by atoms with Crippen molar-refractivity contribution in [2.45, 2.75) is 59.3 Å². The molecule has 0 unspecified atom stereocenters. The van der Waals surface area contributed by atoms with Gasteiger partial charge in [-0.25, -0.2) is 0 Å². The molecule has 0 N–H and O–H groups in total. The van der Waals surface area contributed by atoms with Gasteiger partial charge in [0.05, 0.1) is 4.91 Å². The number of fused-ring (bicyclic) bond motifs is 5. The largest absolute Gasteiger partial charge is 0.299 e. The lowest BCUT2D eigenvalue weighted by Gasteiger charge is -2.60. The number of ketones is 2. The number of thiol groups is 1. The van der Waals surface area contributed by atoms with Gasteiger partial charge in [-0.2, -0.15) is 0 Å². The van der Waals surface area contributed by atoms with E-state index in [0.29, 0.717) is 40.8 Å². The molecule has 6 atom stereocenters. The van der Waals surface area contributed by atoms with Gasteiger partial charge in [-0.05, 0) is 65.9 Å². The van der Waals surface area contributed by atoms with Gasteiger partial charge in [-0.1, -0.05) is 27.4 Å². The van der Waals surface area contributed by atoms with E-state index in [0.717, 1.165) is 43.3 Å². The molecule has 0 amide bonds. The minimum atomic E-state index is -0.123. The summed E-state index contributed by atoms with van der Waals surface area (Å²) in [6.07, 6.45) is 5.40. The molecule has 0 aromatic rings. The first-order valence-corrected chi connectivity index (χ1v) is 9.86. The molecule has 4 rings (SSSR count). The standard InChI is InChI=1S/C21H28O2S/c1-11-12(2)18-19(24)15(22)8-10-21(18,4)14-7-9-20(3)13(17(11)14)5-6-16(20)23/h11,13-14,17,24H,2,5-10H2,1,3-4H3/t11-,13+,14+,17+,20+,21-/m1/s1. The fourth-order valence-electron chi connectivity index (χ4n) is 6.78. The third kappa shape index (κ3) is 1.85. The Morgan fingerprint density at radius 2 is 1.71 bits per heavy atom. The Labute approximate surface area is 150 Å². The Balaban J connectivity index is 1.84. The van der Waals surface area contributed by atoms with Crippen molar-refractivity contribution in [2.24, 2.45) is 34.5 Å². The predicted molar refractivity (Wildman–Crippen MR) is 98.7 cm³/mol. The molecular weight excluding hydrogens is 316 g/mol. The van der Waals surface area contributed by atoms with Gasteiger partial charge in [0, 0.05) is 18.3 Å². The molecule has 4 aliphatic carbocycles. The highest BCUT2D eigenvalue weighted by Crippen LogP contribution is 2.67. The van der Waals surface area contributed by atoms with Crippen LogP contribution in [-0.2, 0) is 9.59 Å². The molecule has 0 aliphatic heterocycles. The highest BCUT2D eigenvalue weighted by atomic mass is 32.1. The van der Waals surface area contributed by atoms with Crippen LogP contribution in [0.25, 0.3) is 0 Å². The normalized spacial score (nSPS) is 48.2. The average molecular weight is 345 g/mol. The van der Waals surface area contributed by atoms with Crippen molar-refractivity contribution in [3.05, 3.63) is 22.6 Å². The van der Waals surface area contributed by atoms with E-state index in [1.807, 2.05) is 0 Å². The maximum absolute atomic E-state index is 12.6. The lowest BCUT2D eigenvalue weighted by molar-refractivity contribution is -0.133. The minimum Gasteiger partial charge on any atom is -0.299 e. The first-order valence-electron chi connectivity index (χ1n) is 9.41. The Bertz CT molecular complexity index is 690. The van der Waals surface area contributed by atoms with E-state index in [1.165, 1.54) is 0 Å². The van der Waals surface area contributed by atoms with Crippen LogP contribution < -0.4 is 0 Å². The first-order chi connectivity index (χ1) is 11.2. The number of rotatable bonds is 0.